The topological polar surface area (TPSA) is 102 Å². The van der Waals surface area contributed by atoms with E-state index in [1.165, 1.54) is 24.9 Å². The Labute approximate surface area is 187 Å². The monoisotopic (exact) mass is 451 g/mol. The number of ether oxygens (including phenoxy) is 1. The molecule has 0 aromatic carbocycles. The van der Waals surface area contributed by atoms with Gasteiger partial charge in [-0.3, -0.25) is 9.79 Å². The molecule has 0 fully saturated rings. The van der Waals surface area contributed by atoms with E-state index in [0.29, 0.717) is 41.0 Å². The summed E-state index contributed by atoms with van der Waals surface area (Å²) in [6.45, 7) is 8.34. The number of hydrogen-bond acceptors (Lipinski definition) is 8. The maximum Gasteiger partial charge on any atom is 0.339 e. The number of thioether (sulfide) groups is 1. The number of carbonyl (C=O) groups excluding carboxylic acids is 1. The Kier molecular flexibility index (Phi) is 9.61. The molecule has 1 aromatic rings. The van der Waals surface area contributed by atoms with Gasteiger partial charge < -0.3 is 19.3 Å². The van der Waals surface area contributed by atoms with Crippen molar-refractivity contribution in [2.24, 2.45) is 10.1 Å². The van der Waals surface area contributed by atoms with E-state index in [0.717, 1.165) is 25.7 Å². The molecule has 9 heteroatoms. The van der Waals surface area contributed by atoms with Gasteiger partial charge in [0.1, 0.15) is 34.4 Å². The normalized spacial score (nSPS) is 19.6. The van der Waals surface area contributed by atoms with Crippen LogP contribution in [0.15, 0.2) is 31.5 Å². The van der Waals surface area contributed by atoms with Gasteiger partial charge in [0.15, 0.2) is 0 Å². The Morgan fingerprint density at radius 1 is 1.35 bits per heavy atom. The predicted molar refractivity (Wildman–Crippen MR) is 124 cm³/mol. The van der Waals surface area contributed by atoms with Crippen LogP contribution in [-0.2, 0) is 9.63 Å². The second-order valence-electron chi connectivity index (χ2n) is 7.73. The number of unbranched alkanes of at least 4 members (excludes halogenated alkanes) is 2. The molecule has 2 rings (SSSR count). The highest BCUT2D eigenvalue weighted by atomic mass is 32.2. The number of aliphatic imine (C=N–C) groups is 1. The molecule has 1 aliphatic rings. The molecular weight excluding hydrogens is 418 g/mol. The molecule has 1 aromatic heterocycles. The number of nitrogens with one attached hydrogen (secondary N) is 1. The number of amides is 1. The minimum Gasteiger partial charge on any atom is -0.496 e. The number of carbonyl (C=O) groups is 1. The van der Waals surface area contributed by atoms with Crippen molar-refractivity contribution in [2.75, 3.05) is 19.5 Å². The molecule has 1 aliphatic heterocycles. The fraction of sp³-hybridized carbons (Fsp3) is 0.636. The molecule has 0 saturated heterocycles. The van der Waals surface area contributed by atoms with E-state index >= 15 is 0 Å². The Morgan fingerprint density at radius 3 is 2.81 bits per heavy atom. The standard InChI is InChI=1S/C22H33N3O5S/c1-6-8-9-11-29-25-15(3)20-24-22(4,14-31-20)21(27)23-17(10-7-2)18-12-16(28-5)13-19(26)30-18/h12-13,17H,6-11,14H2,1-5H3,(H,23,27)/b25-15+/t17-,22?/m1/s1. The Hall–Kier alpha value is -2.29. The van der Waals surface area contributed by atoms with Crippen LogP contribution in [0.25, 0.3) is 0 Å². The number of nitrogens with zero attached hydrogens (tertiary/aromatic N) is 2. The third-order valence-electron chi connectivity index (χ3n) is 4.90. The first kappa shape index (κ1) is 25.0. The first-order valence-corrected chi connectivity index (χ1v) is 11.7. The van der Waals surface area contributed by atoms with Crippen LogP contribution in [0.2, 0.25) is 0 Å². The predicted octanol–water partition coefficient (Wildman–Crippen LogP) is 4.09. The molecule has 172 valence electrons. The zero-order chi connectivity index (χ0) is 22.9. The third-order valence-corrected chi connectivity index (χ3v) is 6.27. The van der Waals surface area contributed by atoms with Gasteiger partial charge in [0.05, 0.1) is 19.2 Å². The lowest BCUT2D eigenvalue weighted by atomic mass is 10.0. The summed E-state index contributed by atoms with van der Waals surface area (Å²) in [5.41, 5.74) is -0.787. The number of methoxy groups -OCH3 is 1. The minimum atomic E-state index is -0.940. The van der Waals surface area contributed by atoms with Crippen molar-refractivity contribution in [3.8, 4) is 5.75 Å². The van der Waals surface area contributed by atoms with Gasteiger partial charge in [0.25, 0.3) is 0 Å². The SMILES string of the molecule is CCCCCO/N=C(\C)C1=NC(C)(C(=O)N[C@H](CCC)c2cc(OC)cc(=O)o2)CS1. The Morgan fingerprint density at radius 2 is 2.13 bits per heavy atom. The van der Waals surface area contributed by atoms with E-state index in [9.17, 15) is 9.59 Å². The smallest absolute Gasteiger partial charge is 0.339 e. The molecule has 8 nitrogen and oxygen atoms in total. The van der Waals surface area contributed by atoms with Crippen LogP contribution >= 0.6 is 11.8 Å². The van der Waals surface area contributed by atoms with Crippen molar-refractivity contribution < 1.29 is 18.8 Å². The first-order valence-electron chi connectivity index (χ1n) is 10.7. The molecule has 1 N–H and O–H groups in total. The van der Waals surface area contributed by atoms with E-state index in [-0.39, 0.29) is 5.91 Å². The maximum absolute atomic E-state index is 13.1. The number of oxime groups is 1. The lowest BCUT2D eigenvalue weighted by Crippen LogP contribution is -2.45. The van der Waals surface area contributed by atoms with Crippen molar-refractivity contribution in [1.82, 2.24) is 5.32 Å². The molecule has 0 radical (unpaired) electrons. The summed E-state index contributed by atoms with van der Waals surface area (Å²) in [6.07, 6.45) is 4.61. The van der Waals surface area contributed by atoms with Gasteiger partial charge in [-0.1, -0.05) is 38.3 Å². The van der Waals surface area contributed by atoms with Crippen LogP contribution in [0.1, 0.15) is 71.6 Å². The van der Waals surface area contributed by atoms with Crippen LogP contribution in [0.3, 0.4) is 0 Å². The highest BCUT2D eigenvalue weighted by Gasteiger charge is 2.40. The summed E-state index contributed by atoms with van der Waals surface area (Å²) >= 11 is 1.48. The molecule has 2 atom stereocenters. The van der Waals surface area contributed by atoms with Gasteiger partial charge in [0.2, 0.25) is 5.91 Å². The molecule has 0 saturated carbocycles. The average molecular weight is 452 g/mol. The summed E-state index contributed by atoms with van der Waals surface area (Å²) in [6, 6.07) is 2.46. The minimum absolute atomic E-state index is 0.226. The average Bonchev–Trinajstić information content (AvgIpc) is 3.16. The van der Waals surface area contributed by atoms with Crippen molar-refractivity contribution in [1.29, 1.82) is 0 Å². The van der Waals surface area contributed by atoms with Gasteiger partial charge in [-0.25, -0.2) is 4.79 Å². The molecule has 1 unspecified atom stereocenters. The Bertz CT molecular complexity index is 867. The molecule has 31 heavy (non-hydrogen) atoms. The van der Waals surface area contributed by atoms with Gasteiger partial charge in [-0.15, -0.1) is 11.8 Å². The zero-order valence-corrected chi connectivity index (χ0v) is 19.8. The highest BCUT2D eigenvalue weighted by Crippen LogP contribution is 2.30. The lowest BCUT2D eigenvalue weighted by molar-refractivity contribution is -0.125. The van der Waals surface area contributed by atoms with Gasteiger partial charge in [0, 0.05) is 11.8 Å². The van der Waals surface area contributed by atoms with Gasteiger partial charge in [-0.2, -0.15) is 0 Å². The van der Waals surface area contributed by atoms with Crippen LogP contribution in [0.4, 0.5) is 0 Å². The zero-order valence-electron chi connectivity index (χ0n) is 19.0. The first-order chi connectivity index (χ1) is 14.8. The van der Waals surface area contributed by atoms with Crippen LogP contribution in [0.5, 0.6) is 5.75 Å². The molecule has 0 aliphatic carbocycles. The van der Waals surface area contributed by atoms with Crippen LogP contribution < -0.4 is 15.7 Å². The third kappa shape index (κ3) is 7.12. The van der Waals surface area contributed by atoms with Gasteiger partial charge in [-0.05, 0) is 26.7 Å². The van der Waals surface area contributed by atoms with Crippen LogP contribution in [0, 0.1) is 0 Å². The van der Waals surface area contributed by atoms with Crippen molar-refractivity contribution in [2.45, 2.75) is 71.4 Å². The summed E-state index contributed by atoms with van der Waals surface area (Å²) in [4.78, 5) is 34.9. The van der Waals surface area contributed by atoms with Crippen molar-refractivity contribution in [3.63, 3.8) is 0 Å². The van der Waals surface area contributed by atoms with E-state index in [1.807, 2.05) is 13.8 Å². The molecular formula is C22H33N3O5S. The number of rotatable bonds is 12. The summed E-state index contributed by atoms with van der Waals surface area (Å²) in [5, 5.41) is 7.84. The van der Waals surface area contributed by atoms with Gasteiger partial charge >= 0.3 is 5.63 Å². The molecule has 0 bridgehead atoms. The summed E-state index contributed by atoms with van der Waals surface area (Å²) < 4.78 is 10.5. The second-order valence-corrected chi connectivity index (χ2v) is 8.69. The van der Waals surface area contributed by atoms with E-state index in [4.69, 9.17) is 14.0 Å². The van der Waals surface area contributed by atoms with E-state index in [2.05, 4.69) is 22.4 Å². The summed E-state index contributed by atoms with van der Waals surface area (Å²) in [7, 11) is 1.48. The van der Waals surface area contributed by atoms with Crippen molar-refractivity contribution >= 4 is 28.4 Å². The number of hydrogen-bond donors (Lipinski definition) is 1. The Balaban J connectivity index is 2.10. The molecule has 0 spiro atoms. The largest absolute Gasteiger partial charge is 0.496 e. The lowest BCUT2D eigenvalue weighted by Gasteiger charge is -2.24. The second kappa shape index (κ2) is 11.9. The quantitative estimate of drug-likeness (QED) is 0.292. The molecule has 2 heterocycles. The maximum atomic E-state index is 13.1. The fourth-order valence-corrected chi connectivity index (χ4v) is 4.17. The van der Waals surface area contributed by atoms with Crippen LogP contribution in [-0.4, -0.2) is 41.7 Å². The highest BCUT2D eigenvalue weighted by molar-refractivity contribution is 8.16. The molecule has 1 amide bonds. The summed E-state index contributed by atoms with van der Waals surface area (Å²) in [5.74, 6) is 1.04. The van der Waals surface area contributed by atoms with E-state index < -0.39 is 17.2 Å². The van der Waals surface area contributed by atoms with E-state index in [1.54, 1.807) is 13.0 Å². The van der Waals surface area contributed by atoms with Crippen molar-refractivity contribution in [3.05, 3.63) is 28.3 Å². The fourth-order valence-electron chi connectivity index (χ4n) is 3.05.